The van der Waals surface area contributed by atoms with E-state index >= 15 is 0 Å². The van der Waals surface area contributed by atoms with Crippen LogP contribution < -0.4 is 9.47 Å². The molecule has 5 nitrogen and oxygen atoms in total. The molecule has 2 aromatic rings. The van der Waals surface area contributed by atoms with E-state index in [1.54, 1.807) is 14.2 Å². The Morgan fingerprint density at radius 3 is 2.74 bits per heavy atom. The highest BCUT2D eigenvalue weighted by atomic mass is 35.5. The van der Waals surface area contributed by atoms with Gasteiger partial charge in [-0.25, -0.2) is 0 Å². The number of aromatic nitrogens is 2. The molecule has 0 unspecified atom stereocenters. The van der Waals surface area contributed by atoms with Crippen molar-refractivity contribution < 1.29 is 13.9 Å². The Hall–Kier alpha value is -1.75. The fourth-order valence-electron chi connectivity index (χ4n) is 1.74. The molecule has 0 aliphatic heterocycles. The molecule has 0 aliphatic rings. The van der Waals surface area contributed by atoms with Gasteiger partial charge in [-0.15, -0.1) is 21.8 Å². The Morgan fingerprint density at radius 2 is 2.05 bits per heavy atom. The van der Waals surface area contributed by atoms with Crippen LogP contribution in [-0.2, 0) is 6.42 Å². The number of halogens is 1. The molecule has 0 saturated heterocycles. The fourth-order valence-corrected chi connectivity index (χ4v) is 1.87. The van der Waals surface area contributed by atoms with Gasteiger partial charge in [0.15, 0.2) is 11.5 Å². The molecule has 1 aromatic heterocycles. The summed E-state index contributed by atoms with van der Waals surface area (Å²) < 4.78 is 16.2. The van der Waals surface area contributed by atoms with Crippen molar-refractivity contribution in [3.8, 4) is 23.0 Å². The van der Waals surface area contributed by atoms with Crippen LogP contribution >= 0.6 is 11.6 Å². The number of nitrogens with zero attached hydrogens (tertiary/aromatic N) is 2. The molecule has 0 atom stereocenters. The highest BCUT2D eigenvalue weighted by Crippen LogP contribution is 2.37. The minimum atomic E-state index is 0.417. The number of ether oxygens (including phenoxy) is 2. The van der Waals surface area contributed by atoms with Crippen LogP contribution in [0.3, 0.4) is 0 Å². The average Bonchev–Trinajstić information content (AvgIpc) is 2.92. The third kappa shape index (κ3) is 2.98. The lowest BCUT2D eigenvalue weighted by Gasteiger charge is -2.09. The van der Waals surface area contributed by atoms with Crippen molar-refractivity contribution >= 4 is 11.6 Å². The fraction of sp³-hybridized carbons (Fsp3) is 0.385. The van der Waals surface area contributed by atoms with E-state index in [4.69, 9.17) is 25.5 Å². The van der Waals surface area contributed by atoms with Gasteiger partial charge < -0.3 is 13.9 Å². The maximum atomic E-state index is 5.64. The highest BCUT2D eigenvalue weighted by Gasteiger charge is 2.16. The molecule has 2 rings (SSSR count). The van der Waals surface area contributed by atoms with Crippen LogP contribution in [0.2, 0.25) is 0 Å². The largest absolute Gasteiger partial charge is 0.493 e. The zero-order valence-electron chi connectivity index (χ0n) is 10.9. The van der Waals surface area contributed by atoms with Crippen molar-refractivity contribution in [1.82, 2.24) is 10.2 Å². The third-order valence-corrected chi connectivity index (χ3v) is 2.89. The van der Waals surface area contributed by atoms with E-state index < -0.39 is 0 Å². The smallest absolute Gasteiger partial charge is 0.251 e. The van der Waals surface area contributed by atoms with Gasteiger partial charge in [0, 0.05) is 12.3 Å². The molecular formula is C13H15ClN2O3. The molecule has 0 bridgehead atoms. The van der Waals surface area contributed by atoms with Crippen LogP contribution in [-0.4, -0.2) is 30.3 Å². The van der Waals surface area contributed by atoms with Crippen molar-refractivity contribution in [2.24, 2.45) is 0 Å². The first kappa shape index (κ1) is 13.7. The average molecular weight is 283 g/mol. The normalized spacial score (nSPS) is 10.5. The van der Waals surface area contributed by atoms with E-state index in [2.05, 4.69) is 10.2 Å². The van der Waals surface area contributed by atoms with Crippen molar-refractivity contribution in [3.05, 3.63) is 24.1 Å². The second-order valence-corrected chi connectivity index (χ2v) is 4.21. The van der Waals surface area contributed by atoms with E-state index in [0.717, 1.165) is 6.42 Å². The molecule has 0 spiro atoms. The van der Waals surface area contributed by atoms with Gasteiger partial charge in [-0.2, -0.15) is 0 Å². The monoisotopic (exact) mass is 282 g/mol. The number of hydrogen-bond donors (Lipinski definition) is 0. The second kappa shape index (κ2) is 6.43. The van der Waals surface area contributed by atoms with Crippen LogP contribution in [0.1, 0.15) is 12.3 Å². The summed E-state index contributed by atoms with van der Waals surface area (Å²) >= 11 is 5.64. The van der Waals surface area contributed by atoms with Gasteiger partial charge in [0.05, 0.1) is 19.8 Å². The Bertz CT molecular complexity index is 542. The van der Waals surface area contributed by atoms with Crippen molar-refractivity contribution in [2.75, 3.05) is 20.1 Å². The predicted molar refractivity (Wildman–Crippen MR) is 71.9 cm³/mol. The van der Waals surface area contributed by atoms with E-state index in [9.17, 15) is 0 Å². The van der Waals surface area contributed by atoms with Crippen molar-refractivity contribution in [3.63, 3.8) is 0 Å². The van der Waals surface area contributed by atoms with Gasteiger partial charge in [0.25, 0.3) is 5.89 Å². The number of rotatable bonds is 6. The number of methoxy groups -OCH3 is 2. The van der Waals surface area contributed by atoms with Gasteiger partial charge in [0.1, 0.15) is 0 Å². The Labute approximate surface area is 116 Å². The van der Waals surface area contributed by atoms with E-state index in [-0.39, 0.29) is 0 Å². The topological polar surface area (TPSA) is 57.4 Å². The van der Waals surface area contributed by atoms with Gasteiger partial charge in [-0.05, 0) is 18.6 Å². The predicted octanol–water partition coefficient (Wildman–Crippen LogP) is 2.93. The first-order valence-electron chi connectivity index (χ1n) is 5.90. The van der Waals surface area contributed by atoms with Crippen molar-refractivity contribution in [2.45, 2.75) is 12.8 Å². The van der Waals surface area contributed by atoms with Gasteiger partial charge in [0.2, 0.25) is 5.89 Å². The maximum Gasteiger partial charge on any atom is 0.251 e. The minimum Gasteiger partial charge on any atom is -0.493 e. The quantitative estimate of drug-likeness (QED) is 0.763. The lowest BCUT2D eigenvalue weighted by Crippen LogP contribution is -1.93. The van der Waals surface area contributed by atoms with Crippen LogP contribution in [0.4, 0.5) is 0 Å². The molecule has 102 valence electrons. The molecule has 0 radical (unpaired) electrons. The molecule has 6 heteroatoms. The number of aryl methyl sites for hydroxylation is 1. The van der Waals surface area contributed by atoms with Crippen molar-refractivity contribution in [1.29, 1.82) is 0 Å². The van der Waals surface area contributed by atoms with Gasteiger partial charge in [-0.3, -0.25) is 0 Å². The first-order chi connectivity index (χ1) is 9.30. The van der Waals surface area contributed by atoms with Crippen LogP contribution in [0.5, 0.6) is 11.5 Å². The lowest BCUT2D eigenvalue weighted by atomic mass is 10.2. The lowest BCUT2D eigenvalue weighted by molar-refractivity contribution is 0.355. The summed E-state index contributed by atoms with van der Waals surface area (Å²) in [5.74, 6) is 2.76. The molecule has 0 aliphatic carbocycles. The third-order valence-electron chi connectivity index (χ3n) is 2.62. The standard InChI is InChI=1S/C13H15ClN2O3/c1-17-10-6-3-5-9(12(10)18-2)13-16-15-11(19-13)7-4-8-14/h3,5-6H,4,7-8H2,1-2H3. The number of benzene rings is 1. The first-order valence-corrected chi connectivity index (χ1v) is 6.43. The summed E-state index contributed by atoms with van der Waals surface area (Å²) in [7, 11) is 3.16. The van der Waals surface area contributed by atoms with Crippen LogP contribution in [0.25, 0.3) is 11.5 Å². The minimum absolute atomic E-state index is 0.417. The summed E-state index contributed by atoms with van der Waals surface area (Å²) in [6.45, 7) is 0. The Morgan fingerprint density at radius 1 is 1.21 bits per heavy atom. The molecule has 1 aromatic carbocycles. The summed E-state index contributed by atoms with van der Waals surface area (Å²) in [5, 5.41) is 8.02. The second-order valence-electron chi connectivity index (χ2n) is 3.83. The SMILES string of the molecule is COc1cccc(-c2nnc(CCCCl)o2)c1OC. The molecule has 0 amide bonds. The molecule has 0 saturated carbocycles. The van der Waals surface area contributed by atoms with Gasteiger partial charge >= 0.3 is 0 Å². The van der Waals surface area contributed by atoms with Gasteiger partial charge in [-0.1, -0.05) is 6.07 Å². The number of para-hydroxylation sites is 1. The summed E-state index contributed by atoms with van der Waals surface area (Å²) in [6.07, 6.45) is 1.47. The number of hydrogen-bond acceptors (Lipinski definition) is 5. The summed E-state index contributed by atoms with van der Waals surface area (Å²) in [4.78, 5) is 0. The highest BCUT2D eigenvalue weighted by molar-refractivity contribution is 6.17. The molecule has 1 heterocycles. The molecule has 0 fully saturated rings. The van der Waals surface area contributed by atoms with Crippen LogP contribution in [0, 0.1) is 0 Å². The molecule has 0 N–H and O–H groups in total. The zero-order chi connectivity index (χ0) is 13.7. The van der Waals surface area contributed by atoms with E-state index in [0.29, 0.717) is 41.1 Å². The number of alkyl halides is 1. The Balaban J connectivity index is 2.33. The summed E-state index contributed by atoms with van der Waals surface area (Å²) in [6, 6.07) is 5.51. The van der Waals surface area contributed by atoms with Crippen LogP contribution in [0.15, 0.2) is 22.6 Å². The maximum absolute atomic E-state index is 5.64. The molecule has 19 heavy (non-hydrogen) atoms. The van der Waals surface area contributed by atoms with E-state index in [1.807, 2.05) is 18.2 Å². The zero-order valence-corrected chi connectivity index (χ0v) is 11.6. The Kier molecular flexibility index (Phi) is 4.63. The molecular weight excluding hydrogens is 268 g/mol. The summed E-state index contributed by atoms with van der Waals surface area (Å²) in [5.41, 5.74) is 0.714. The van der Waals surface area contributed by atoms with E-state index in [1.165, 1.54) is 0 Å².